The van der Waals surface area contributed by atoms with E-state index in [0.29, 0.717) is 26.1 Å². The fourth-order valence-electron chi connectivity index (χ4n) is 5.23. The van der Waals surface area contributed by atoms with Crippen LogP contribution in [0.3, 0.4) is 0 Å². The van der Waals surface area contributed by atoms with E-state index in [1.165, 1.54) is 0 Å². The Kier molecular flexibility index (Phi) is 6.47. The Morgan fingerprint density at radius 2 is 1.74 bits per heavy atom. The van der Waals surface area contributed by atoms with Gasteiger partial charge in [-0.25, -0.2) is 15.1 Å². The van der Waals surface area contributed by atoms with Crippen molar-refractivity contribution in [1.82, 2.24) is 25.1 Å². The number of fused-ring (bicyclic) bond motifs is 1. The first-order chi connectivity index (χ1) is 17.8. The first-order valence-electron chi connectivity index (χ1n) is 11.8. The number of likely N-dealkylation sites (tertiary alicyclic amines) is 1. The van der Waals surface area contributed by atoms with Crippen LogP contribution >= 0.6 is 0 Å². The van der Waals surface area contributed by atoms with Crippen LogP contribution in [-0.2, 0) is 21.9 Å². The number of aromatic nitrogens is 4. The molecule has 4 heterocycles. The molecule has 2 saturated heterocycles. The summed E-state index contributed by atoms with van der Waals surface area (Å²) >= 11 is 0. The van der Waals surface area contributed by atoms with Crippen LogP contribution in [0.5, 0.6) is 0 Å². The largest absolute Gasteiger partial charge is 0.423 e. The second-order valence-corrected chi connectivity index (χ2v) is 9.67. The molecular formula is C22H23F6N7O3. The number of piperidine rings is 1. The lowest BCUT2D eigenvalue weighted by Gasteiger charge is -2.24. The number of carbonyl (C=O) groups is 1. The maximum absolute atomic E-state index is 13.2. The summed E-state index contributed by atoms with van der Waals surface area (Å²) in [7, 11) is 0. The molecule has 206 valence electrons. The number of hydrogen-bond donors (Lipinski definition) is 2. The van der Waals surface area contributed by atoms with Gasteiger partial charge < -0.3 is 19.9 Å². The van der Waals surface area contributed by atoms with E-state index in [0.717, 1.165) is 18.6 Å². The van der Waals surface area contributed by atoms with Crippen molar-refractivity contribution in [3.05, 3.63) is 40.1 Å². The third-order valence-electron chi connectivity index (χ3n) is 7.04. The van der Waals surface area contributed by atoms with E-state index in [-0.39, 0.29) is 36.3 Å². The Labute approximate surface area is 211 Å². The molecular weight excluding hydrogens is 524 g/mol. The molecule has 5 atom stereocenters. The van der Waals surface area contributed by atoms with E-state index in [9.17, 15) is 35.9 Å². The Balaban J connectivity index is 1.11. The maximum Gasteiger partial charge on any atom is 0.423 e. The number of nitrogens with zero attached hydrogens (tertiary/aromatic N) is 5. The van der Waals surface area contributed by atoms with E-state index >= 15 is 0 Å². The maximum atomic E-state index is 13.2. The number of hydrogen-bond acceptors (Lipinski definition) is 8. The second-order valence-electron chi connectivity index (χ2n) is 9.67. The predicted octanol–water partition coefficient (Wildman–Crippen LogP) is 2.15. The molecule has 2 aromatic heterocycles. The topological polar surface area (TPSA) is 116 Å². The molecule has 0 radical (unpaired) electrons. The minimum absolute atomic E-state index is 0.00573. The summed E-state index contributed by atoms with van der Waals surface area (Å²) in [5, 5.41) is 7.74. The zero-order valence-electron chi connectivity index (χ0n) is 19.9. The summed E-state index contributed by atoms with van der Waals surface area (Å²) in [6, 6.07) is -0.659. The molecule has 0 spiro atoms. The van der Waals surface area contributed by atoms with E-state index in [2.05, 4.69) is 20.4 Å². The predicted molar refractivity (Wildman–Crippen MR) is 119 cm³/mol. The van der Waals surface area contributed by atoms with Gasteiger partial charge in [0, 0.05) is 62.4 Å². The fraction of sp³-hybridized carbons (Fsp3) is 0.591. The van der Waals surface area contributed by atoms with Gasteiger partial charge >= 0.3 is 12.4 Å². The van der Waals surface area contributed by atoms with Crippen molar-refractivity contribution in [3.8, 4) is 0 Å². The van der Waals surface area contributed by atoms with Crippen molar-refractivity contribution < 1.29 is 35.9 Å². The first kappa shape index (κ1) is 26.2. The van der Waals surface area contributed by atoms with E-state index in [4.69, 9.17) is 4.74 Å². The van der Waals surface area contributed by atoms with Gasteiger partial charge in [-0.3, -0.25) is 9.59 Å². The number of alkyl halides is 6. The number of amides is 1. The molecule has 16 heteroatoms. The Hall–Kier alpha value is -3.43. The lowest BCUT2D eigenvalue weighted by molar-refractivity contribution is -0.139. The quantitative estimate of drug-likeness (QED) is 0.507. The fourth-order valence-corrected chi connectivity index (χ4v) is 5.23. The van der Waals surface area contributed by atoms with Gasteiger partial charge in [-0.15, -0.1) is 0 Å². The van der Waals surface area contributed by atoms with E-state index < -0.39 is 46.9 Å². The number of halogens is 6. The van der Waals surface area contributed by atoms with E-state index in [1.54, 1.807) is 21.8 Å². The van der Waals surface area contributed by atoms with Gasteiger partial charge in [-0.1, -0.05) is 0 Å². The third-order valence-corrected chi connectivity index (χ3v) is 7.04. The third kappa shape index (κ3) is 5.00. The van der Waals surface area contributed by atoms with Gasteiger partial charge in [0.2, 0.25) is 5.95 Å². The average molecular weight is 547 g/mol. The van der Waals surface area contributed by atoms with Gasteiger partial charge in [0.15, 0.2) is 0 Å². The standard InChI is InChI=1S/C22H23F6N7O3/c1-10(32-14-6-31-33-18(36)16(14)22(26,27)28)9-38-15-2-3-35(19(15)37)17-12-7-34(8-13(12)17)20-29-4-11(5-30-20)21(23,24)25/h4-6,10,12-13,15,17H,2-3,7-9H2,1H3,(H2,32,33,36)/t10?,12-,13+,15?,17?. The summed E-state index contributed by atoms with van der Waals surface area (Å²) in [5.41, 5.74) is -4.16. The molecule has 38 heavy (non-hydrogen) atoms. The lowest BCUT2D eigenvalue weighted by Crippen LogP contribution is -2.39. The zero-order chi connectivity index (χ0) is 27.4. The summed E-state index contributed by atoms with van der Waals surface area (Å²) < 4.78 is 83.6. The monoisotopic (exact) mass is 547 g/mol. The number of H-pyrrole nitrogens is 1. The van der Waals surface area contributed by atoms with Gasteiger partial charge in [-0.05, 0) is 6.92 Å². The Bertz CT molecular complexity index is 1240. The lowest BCUT2D eigenvalue weighted by atomic mass is 10.2. The number of aromatic amines is 1. The minimum Gasteiger partial charge on any atom is -0.378 e. The van der Waals surface area contributed by atoms with Crippen LogP contribution in [0.15, 0.2) is 23.4 Å². The highest BCUT2D eigenvalue weighted by molar-refractivity contribution is 5.84. The Morgan fingerprint density at radius 3 is 2.34 bits per heavy atom. The molecule has 0 bridgehead atoms. The Morgan fingerprint density at radius 1 is 1.08 bits per heavy atom. The molecule has 3 fully saturated rings. The normalized spacial score (nSPS) is 26.0. The van der Waals surface area contributed by atoms with Gasteiger partial charge in [0.1, 0.15) is 11.7 Å². The SMILES string of the molecule is CC(COC1CCN(C2[C@H]3CN(c4ncc(C(F)(F)F)cn4)C[C@@H]23)C1=O)Nc1cn[nH]c(=O)c1C(F)(F)F. The van der Waals surface area contributed by atoms with Gasteiger partial charge in [-0.2, -0.15) is 31.4 Å². The molecule has 5 rings (SSSR count). The molecule has 2 N–H and O–H groups in total. The first-order valence-corrected chi connectivity index (χ1v) is 11.8. The average Bonchev–Trinajstić information content (AvgIpc) is 3.13. The number of rotatable bonds is 7. The van der Waals surface area contributed by atoms with Gasteiger partial charge in [0.05, 0.1) is 24.1 Å². The van der Waals surface area contributed by atoms with Crippen molar-refractivity contribution in [2.24, 2.45) is 11.8 Å². The number of carbonyl (C=O) groups excluding carboxylic acids is 1. The van der Waals surface area contributed by atoms with Crippen LogP contribution in [-0.4, -0.2) is 75.4 Å². The summed E-state index contributed by atoms with van der Waals surface area (Å²) in [5.74, 6) is 0.300. The highest BCUT2D eigenvalue weighted by Gasteiger charge is 2.61. The number of anilines is 2. The van der Waals surface area contributed by atoms with Crippen molar-refractivity contribution >= 4 is 17.5 Å². The molecule has 1 saturated carbocycles. The van der Waals surface area contributed by atoms with Crippen molar-refractivity contribution in [3.63, 3.8) is 0 Å². The van der Waals surface area contributed by atoms with Crippen LogP contribution < -0.4 is 15.8 Å². The summed E-state index contributed by atoms with van der Waals surface area (Å²) in [6.45, 7) is 2.98. The second kappa shape index (κ2) is 9.39. The van der Waals surface area contributed by atoms with Crippen LogP contribution in [0.1, 0.15) is 24.5 Å². The molecule has 0 aromatic carbocycles. The molecule has 2 aromatic rings. The molecule has 3 aliphatic rings. The van der Waals surface area contributed by atoms with Gasteiger partial charge in [0.25, 0.3) is 11.5 Å². The number of nitrogens with one attached hydrogen (secondary N) is 2. The highest BCUT2D eigenvalue weighted by Crippen LogP contribution is 2.50. The summed E-state index contributed by atoms with van der Waals surface area (Å²) in [6.07, 6.45) is -7.33. The van der Waals surface area contributed by atoms with Crippen molar-refractivity contribution in [2.45, 2.75) is 43.9 Å². The van der Waals surface area contributed by atoms with Crippen LogP contribution in [0, 0.1) is 11.8 Å². The van der Waals surface area contributed by atoms with Crippen molar-refractivity contribution in [2.75, 3.05) is 36.5 Å². The minimum atomic E-state index is -4.88. The van der Waals surface area contributed by atoms with Crippen molar-refractivity contribution in [1.29, 1.82) is 0 Å². The van der Waals surface area contributed by atoms with Crippen LogP contribution in [0.4, 0.5) is 38.0 Å². The highest BCUT2D eigenvalue weighted by atomic mass is 19.4. The molecule has 1 aliphatic carbocycles. The van der Waals surface area contributed by atoms with Crippen LogP contribution in [0.2, 0.25) is 0 Å². The molecule has 10 nitrogen and oxygen atoms in total. The zero-order valence-corrected chi connectivity index (χ0v) is 19.9. The van der Waals surface area contributed by atoms with Crippen LogP contribution in [0.25, 0.3) is 0 Å². The smallest absolute Gasteiger partial charge is 0.378 e. The molecule has 2 aliphatic heterocycles. The summed E-state index contributed by atoms with van der Waals surface area (Å²) in [4.78, 5) is 35.7. The van der Waals surface area contributed by atoms with E-state index in [1.807, 2.05) is 0 Å². The number of ether oxygens (including phenoxy) is 1. The molecule has 1 amide bonds. The molecule has 3 unspecified atom stereocenters.